The number of halogens is 2. The van der Waals surface area contributed by atoms with Crippen molar-refractivity contribution in [3.63, 3.8) is 0 Å². The van der Waals surface area contributed by atoms with Crippen LogP contribution in [0.4, 0.5) is 5.95 Å². The standard InChI is InChI=1S/C17H22N4O.2ClH.H2O/c1-2-6-16-14(5-1)7-8-15(22-16)13-18-9-3-10-19-17-20-11-4-12-21-17;;;/h1-2,4-6,11-12,15,18H,3,7-10,13H2,(H,19,20,21);2*1H;1H2/t15-;;;/m1.../s1. The third-order valence-corrected chi connectivity index (χ3v) is 3.75. The maximum atomic E-state index is 6.01. The Morgan fingerprint density at radius 3 is 2.60 bits per heavy atom. The fraction of sp³-hybridized carbons (Fsp3) is 0.412. The highest BCUT2D eigenvalue weighted by atomic mass is 35.5. The summed E-state index contributed by atoms with van der Waals surface area (Å²) in [5, 5.41) is 6.67. The van der Waals surface area contributed by atoms with Gasteiger partial charge in [-0.2, -0.15) is 0 Å². The molecule has 1 aliphatic heterocycles. The van der Waals surface area contributed by atoms with Crippen molar-refractivity contribution in [1.29, 1.82) is 0 Å². The number of ether oxygens (including phenoxy) is 1. The predicted octanol–water partition coefficient (Wildman–Crippen LogP) is 2.28. The van der Waals surface area contributed by atoms with Gasteiger partial charge in [-0.1, -0.05) is 18.2 Å². The lowest BCUT2D eigenvalue weighted by Crippen LogP contribution is -2.35. The van der Waals surface area contributed by atoms with Crippen molar-refractivity contribution in [2.24, 2.45) is 0 Å². The van der Waals surface area contributed by atoms with Crippen LogP contribution in [0.2, 0.25) is 0 Å². The quantitative estimate of drug-likeness (QED) is 0.709. The van der Waals surface area contributed by atoms with Crippen molar-refractivity contribution in [2.45, 2.75) is 25.4 Å². The van der Waals surface area contributed by atoms with Crippen molar-refractivity contribution in [2.75, 3.05) is 25.0 Å². The summed E-state index contributed by atoms with van der Waals surface area (Å²) in [5.41, 5.74) is 1.32. The van der Waals surface area contributed by atoms with Crippen molar-refractivity contribution < 1.29 is 10.2 Å². The van der Waals surface area contributed by atoms with Gasteiger partial charge in [0.05, 0.1) is 0 Å². The second-order valence-corrected chi connectivity index (χ2v) is 5.44. The summed E-state index contributed by atoms with van der Waals surface area (Å²) in [5.74, 6) is 1.73. The van der Waals surface area contributed by atoms with Gasteiger partial charge >= 0.3 is 0 Å². The van der Waals surface area contributed by atoms with Crippen LogP contribution in [0.15, 0.2) is 42.7 Å². The van der Waals surface area contributed by atoms with Crippen LogP contribution in [0.1, 0.15) is 18.4 Å². The van der Waals surface area contributed by atoms with E-state index >= 15 is 0 Å². The maximum absolute atomic E-state index is 6.01. The number of para-hydroxylation sites is 1. The molecule has 6 nitrogen and oxygen atoms in total. The Morgan fingerprint density at radius 2 is 1.80 bits per heavy atom. The van der Waals surface area contributed by atoms with Crippen LogP contribution in [0, 0.1) is 0 Å². The maximum Gasteiger partial charge on any atom is 0.222 e. The number of rotatable bonds is 7. The Labute approximate surface area is 160 Å². The molecule has 0 radical (unpaired) electrons. The molecular formula is C17H26Cl2N4O2. The molecule has 1 aliphatic rings. The SMILES string of the molecule is Cl.Cl.O.c1cnc(NCCCNC[C@H]2CCc3ccccc3O2)nc1. The summed E-state index contributed by atoms with van der Waals surface area (Å²) in [7, 11) is 0. The van der Waals surface area contributed by atoms with E-state index in [-0.39, 0.29) is 36.4 Å². The largest absolute Gasteiger partial charge is 0.489 e. The molecule has 0 fully saturated rings. The molecule has 8 heteroatoms. The van der Waals surface area contributed by atoms with Crippen molar-refractivity contribution in [3.8, 4) is 5.75 Å². The van der Waals surface area contributed by atoms with Crippen LogP contribution in [0.5, 0.6) is 5.75 Å². The van der Waals surface area contributed by atoms with E-state index in [0.717, 1.165) is 44.6 Å². The summed E-state index contributed by atoms with van der Waals surface area (Å²) in [6, 6.07) is 10.1. The van der Waals surface area contributed by atoms with Crippen molar-refractivity contribution in [1.82, 2.24) is 15.3 Å². The number of nitrogens with one attached hydrogen (secondary N) is 2. The van der Waals surface area contributed by atoms with E-state index in [1.807, 2.05) is 12.1 Å². The van der Waals surface area contributed by atoms with Gasteiger partial charge in [-0.05, 0) is 43.5 Å². The molecule has 3 rings (SSSR count). The number of aryl methyl sites for hydroxylation is 1. The van der Waals surface area contributed by atoms with Gasteiger partial charge in [0.2, 0.25) is 5.95 Å². The van der Waals surface area contributed by atoms with E-state index < -0.39 is 0 Å². The Kier molecular flexibility index (Phi) is 11.9. The minimum absolute atomic E-state index is 0. The van der Waals surface area contributed by atoms with Gasteiger partial charge in [0.15, 0.2) is 0 Å². The predicted molar refractivity (Wildman–Crippen MR) is 105 cm³/mol. The summed E-state index contributed by atoms with van der Waals surface area (Å²) >= 11 is 0. The molecule has 4 N–H and O–H groups in total. The number of fused-ring (bicyclic) bond motifs is 1. The highest BCUT2D eigenvalue weighted by Gasteiger charge is 2.18. The number of aromatic nitrogens is 2. The molecule has 0 saturated carbocycles. The first-order valence-corrected chi connectivity index (χ1v) is 7.88. The molecule has 0 saturated heterocycles. The minimum atomic E-state index is 0. The molecule has 2 heterocycles. The molecule has 25 heavy (non-hydrogen) atoms. The van der Waals surface area contributed by atoms with Gasteiger partial charge < -0.3 is 20.8 Å². The second-order valence-electron chi connectivity index (χ2n) is 5.44. The number of hydrogen-bond acceptors (Lipinski definition) is 5. The third kappa shape index (κ3) is 7.44. The van der Waals surface area contributed by atoms with Crippen molar-refractivity contribution >= 4 is 30.8 Å². The van der Waals surface area contributed by atoms with Crippen LogP contribution in [0.3, 0.4) is 0 Å². The third-order valence-electron chi connectivity index (χ3n) is 3.75. The summed E-state index contributed by atoms with van der Waals surface area (Å²) in [4.78, 5) is 8.26. The molecule has 2 aromatic rings. The van der Waals surface area contributed by atoms with Crippen LogP contribution in [0.25, 0.3) is 0 Å². The molecule has 0 spiro atoms. The first-order valence-electron chi connectivity index (χ1n) is 7.88. The molecule has 0 unspecified atom stereocenters. The number of anilines is 1. The average Bonchev–Trinajstić information content (AvgIpc) is 2.59. The summed E-state index contributed by atoms with van der Waals surface area (Å²) < 4.78 is 6.01. The smallest absolute Gasteiger partial charge is 0.222 e. The molecular weight excluding hydrogens is 363 g/mol. The molecule has 1 atom stereocenters. The topological polar surface area (TPSA) is 90.6 Å². The van der Waals surface area contributed by atoms with Crippen molar-refractivity contribution in [3.05, 3.63) is 48.3 Å². The number of nitrogens with zero attached hydrogens (tertiary/aromatic N) is 2. The molecule has 0 amide bonds. The number of benzene rings is 1. The van der Waals surface area contributed by atoms with E-state index in [9.17, 15) is 0 Å². The van der Waals surface area contributed by atoms with Crippen LogP contribution < -0.4 is 15.4 Å². The molecule has 1 aromatic carbocycles. The lowest BCUT2D eigenvalue weighted by Gasteiger charge is -2.26. The minimum Gasteiger partial charge on any atom is -0.489 e. The van der Waals surface area contributed by atoms with Gasteiger partial charge in [-0.25, -0.2) is 9.97 Å². The normalized spacial score (nSPS) is 14.6. The monoisotopic (exact) mass is 388 g/mol. The molecule has 140 valence electrons. The van der Waals surface area contributed by atoms with E-state index in [4.69, 9.17) is 4.74 Å². The zero-order chi connectivity index (χ0) is 15.0. The van der Waals surface area contributed by atoms with Gasteiger partial charge in [-0.15, -0.1) is 24.8 Å². The fourth-order valence-electron chi connectivity index (χ4n) is 2.59. The highest BCUT2D eigenvalue weighted by Crippen LogP contribution is 2.26. The Bertz CT molecular complexity index is 590. The van der Waals surface area contributed by atoms with E-state index in [2.05, 4.69) is 38.8 Å². The van der Waals surface area contributed by atoms with Gasteiger partial charge in [-0.3, -0.25) is 0 Å². The lowest BCUT2D eigenvalue weighted by molar-refractivity contribution is 0.171. The Balaban J connectivity index is 0.00000192. The Morgan fingerprint density at radius 1 is 1.04 bits per heavy atom. The highest BCUT2D eigenvalue weighted by molar-refractivity contribution is 5.85. The van der Waals surface area contributed by atoms with E-state index in [1.165, 1.54) is 5.56 Å². The van der Waals surface area contributed by atoms with E-state index in [0.29, 0.717) is 5.95 Å². The van der Waals surface area contributed by atoms with Crippen LogP contribution >= 0.6 is 24.8 Å². The summed E-state index contributed by atoms with van der Waals surface area (Å²) in [6.07, 6.45) is 6.98. The van der Waals surface area contributed by atoms with E-state index in [1.54, 1.807) is 12.4 Å². The molecule has 0 aliphatic carbocycles. The number of hydrogen-bond donors (Lipinski definition) is 2. The Hall–Kier alpha value is -1.60. The van der Waals surface area contributed by atoms with Gasteiger partial charge in [0.25, 0.3) is 0 Å². The summed E-state index contributed by atoms with van der Waals surface area (Å²) in [6.45, 7) is 2.73. The van der Waals surface area contributed by atoms with Crippen LogP contribution in [-0.4, -0.2) is 41.2 Å². The molecule has 0 bridgehead atoms. The zero-order valence-electron chi connectivity index (χ0n) is 14.0. The first-order chi connectivity index (χ1) is 10.9. The second kappa shape index (κ2) is 12.7. The van der Waals surface area contributed by atoms with Gasteiger partial charge in [0.1, 0.15) is 11.9 Å². The molecule has 1 aromatic heterocycles. The first kappa shape index (κ1) is 23.4. The average molecular weight is 389 g/mol. The van der Waals surface area contributed by atoms with Gasteiger partial charge in [0, 0.05) is 25.5 Å². The fourth-order valence-corrected chi connectivity index (χ4v) is 2.59. The van der Waals surface area contributed by atoms with Crippen LogP contribution in [-0.2, 0) is 6.42 Å². The lowest BCUT2D eigenvalue weighted by atomic mass is 10.0. The zero-order valence-corrected chi connectivity index (χ0v) is 15.6.